The number of benzene rings is 2. The highest BCUT2D eigenvalue weighted by Crippen LogP contribution is 2.33. The van der Waals surface area contributed by atoms with Gasteiger partial charge in [-0.3, -0.25) is 4.57 Å². The maximum absolute atomic E-state index is 13.3. The molecule has 1 heterocycles. The Morgan fingerprint density at radius 3 is 2.48 bits per heavy atom. The summed E-state index contributed by atoms with van der Waals surface area (Å²) in [6.07, 6.45) is -4.77. The number of hydrogen-bond acceptors (Lipinski definition) is 2. The lowest BCUT2D eigenvalue weighted by molar-refractivity contribution is -0.140. The van der Waals surface area contributed by atoms with E-state index in [2.05, 4.69) is 4.98 Å². The Bertz CT molecular complexity index is 821. The second kappa shape index (κ2) is 4.47. The molecule has 0 aliphatic rings. The predicted octanol–water partition coefficient (Wildman–Crippen LogP) is 3.77. The van der Waals surface area contributed by atoms with E-state index in [1.54, 1.807) is 24.3 Å². The van der Waals surface area contributed by atoms with Crippen LogP contribution in [-0.4, -0.2) is 9.55 Å². The summed E-state index contributed by atoms with van der Waals surface area (Å²) >= 11 is 0. The van der Waals surface area contributed by atoms with Gasteiger partial charge < -0.3 is 5.73 Å². The number of para-hydroxylation sites is 2. The average Bonchev–Trinajstić information content (AvgIpc) is 2.74. The maximum Gasteiger partial charge on any atom is 0.419 e. The van der Waals surface area contributed by atoms with Crippen molar-refractivity contribution in [2.24, 2.45) is 0 Å². The van der Waals surface area contributed by atoms with Crippen LogP contribution < -0.4 is 5.73 Å². The molecule has 2 aromatic carbocycles. The van der Waals surface area contributed by atoms with Crippen LogP contribution in [0.2, 0.25) is 0 Å². The standard InChI is InChI=1S/C14H9F4N3/c15-10-6-5-8(7-9(10)14(16,17)18)21-12-4-2-1-3-11(12)20-13(21)19/h1-7H,(H2,19,20). The fraction of sp³-hybridized carbons (Fsp3) is 0.0714. The van der Waals surface area contributed by atoms with E-state index < -0.39 is 17.6 Å². The molecule has 0 radical (unpaired) electrons. The fourth-order valence-electron chi connectivity index (χ4n) is 2.19. The summed E-state index contributed by atoms with van der Waals surface area (Å²) in [6.45, 7) is 0. The number of anilines is 1. The molecule has 0 amide bonds. The van der Waals surface area contributed by atoms with Gasteiger partial charge in [-0.15, -0.1) is 0 Å². The lowest BCUT2D eigenvalue weighted by Gasteiger charge is -2.12. The third-order valence-electron chi connectivity index (χ3n) is 3.10. The molecule has 0 aliphatic heterocycles. The molecule has 0 fully saturated rings. The minimum Gasteiger partial charge on any atom is -0.369 e. The molecule has 3 nitrogen and oxygen atoms in total. The highest BCUT2D eigenvalue weighted by atomic mass is 19.4. The smallest absolute Gasteiger partial charge is 0.369 e. The summed E-state index contributed by atoms with van der Waals surface area (Å²) in [5.74, 6) is -1.29. The first-order valence-corrected chi connectivity index (χ1v) is 5.98. The Morgan fingerprint density at radius 2 is 1.76 bits per heavy atom. The summed E-state index contributed by atoms with van der Waals surface area (Å²) in [6, 6.07) is 9.55. The van der Waals surface area contributed by atoms with E-state index >= 15 is 0 Å². The van der Waals surface area contributed by atoms with Gasteiger partial charge in [0.1, 0.15) is 5.82 Å². The van der Waals surface area contributed by atoms with E-state index in [0.29, 0.717) is 11.0 Å². The van der Waals surface area contributed by atoms with E-state index in [-0.39, 0.29) is 11.6 Å². The van der Waals surface area contributed by atoms with Crippen LogP contribution in [0.15, 0.2) is 42.5 Å². The Balaban J connectivity index is 2.27. The van der Waals surface area contributed by atoms with Gasteiger partial charge in [-0.25, -0.2) is 9.37 Å². The minimum atomic E-state index is -4.77. The summed E-state index contributed by atoms with van der Waals surface area (Å²) < 4.78 is 53.1. The van der Waals surface area contributed by atoms with Crippen molar-refractivity contribution in [3.63, 3.8) is 0 Å². The van der Waals surface area contributed by atoms with E-state index in [4.69, 9.17) is 5.73 Å². The number of aromatic nitrogens is 2. The van der Waals surface area contributed by atoms with Gasteiger partial charge >= 0.3 is 6.18 Å². The molecule has 0 unspecified atom stereocenters. The number of imidazole rings is 1. The van der Waals surface area contributed by atoms with Crippen molar-refractivity contribution in [3.8, 4) is 5.69 Å². The topological polar surface area (TPSA) is 43.8 Å². The Labute approximate surface area is 116 Å². The van der Waals surface area contributed by atoms with Crippen molar-refractivity contribution >= 4 is 17.0 Å². The van der Waals surface area contributed by atoms with Gasteiger partial charge in [-0.05, 0) is 30.3 Å². The molecule has 0 atom stereocenters. The quantitative estimate of drug-likeness (QED) is 0.695. The zero-order chi connectivity index (χ0) is 15.2. The molecule has 108 valence electrons. The van der Waals surface area contributed by atoms with Crippen LogP contribution in [-0.2, 0) is 6.18 Å². The van der Waals surface area contributed by atoms with Crippen LogP contribution in [0.5, 0.6) is 0 Å². The lowest BCUT2D eigenvalue weighted by atomic mass is 10.1. The number of rotatable bonds is 1. The van der Waals surface area contributed by atoms with Crippen LogP contribution in [0.4, 0.5) is 23.5 Å². The average molecular weight is 295 g/mol. The van der Waals surface area contributed by atoms with Crippen LogP contribution in [0.1, 0.15) is 5.56 Å². The number of fused-ring (bicyclic) bond motifs is 1. The predicted molar refractivity (Wildman–Crippen MR) is 70.4 cm³/mol. The number of nitrogen functional groups attached to an aromatic ring is 1. The monoisotopic (exact) mass is 295 g/mol. The van der Waals surface area contributed by atoms with Crippen LogP contribution in [0.3, 0.4) is 0 Å². The fourth-order valence-corrected chi connectivity index (χ4v) is 2.19. The third-order valence-corrected chi connectivity index (χ3v) is 3.10. The largest absolute Gasteiger partial charge is 0.419 e. The van der Waals surface area contributed by atoms with Crippen molar-refractivity contribution in [1.82, 2.24) is 9.55 Å². The van der Waals surface area contributed by atoms with Crippen molar-refractivity contribution in [1.29, 1.82) is 0 Å². The van der Waals surface area contributed by atoms with Gasteiger partial charge in [-0.2, -0.15) is 13.2 Å². The molecular formula is C14H9F4N3. The van der Waals surface area contributed by atoms with Crippen LogP contribution in [0, 0.1) is 5.82 Å². The first-order valence-electron chi connectivity index (χ1n) is 5.98. The second-order valence-corrected chi connectivity index (χ2v) is 4.46. The third kappa shape index (κ3) is 2.20. The molecule has 21 heavy (non-hydrogen) atoms. The van der Waals surface area contributed by atoms with Gasteiger partial charge in [0.05, 0.1) is 16.6 Å². The molecule has 7 heteroatoms. The van der Waals surface area contributed by atoms with E-state index in [0.717, 1.165) is 12.1 Å². The number of hydrogen-bond donors (Lipinski definition) is 1. The second-order valence-electron chi connectivity index (χ2n) is 4.46. The molecule has 1 aromatic heterocycles. The molecule has 3 aromatic rings. The zero-order valence-electron chi connectivity index (χ0n) is 10.5. The van der Waals surface area contributed by atoms with Gasteiger partial charge in [0.25, 0.3) is 0 Å². The Kier molecular flexibility index (Phi) is 2.86. The summed E-state index contributed by atoms with van der Waals surface area (Å²) in [5, 5.41) is 0. The molecule has 0 aliphatic carbocycles. The zero-order valence-corrected chi connectivity index (χ0v) is 10.5. The molecule has 0 bridgehead atoms. The van der Waals surface area contributed by atoms with Crippen molar-refractivity contribution in [2.75, 3.05) is 5.73 Å². The van der Waals surface area contributed by atoms with Crippen LogP contribution >= 0.6 is 0 Å². The number of nitrogens with zero attached hydrogens (tertiary/aromatic N) is 2. The molecule has 0 saturated carbocycles. The SMILES string of the molecule is Nc1nc2ccccc2n1-c1ccc(F)c(C(F)(F)F)c1. The highest BCUT2D eigenvalue weighted by molar-refractivity contribution is 5.80. The van der Waals surface area contributed by atoms with Crippen LogP contribution in [0.25, 0.3) is 16.7 Å². The molecule has 0 saturated heterocycles. The Morgan fingerprint density at radius 1 is 1.05 bits per heavy atom. The summed E-state index contributed by atoms with van der Waals surface area (Å²) in [4.78, 5) is 4.07. The molecular weight excluding hydrogens is 286 g/mol. The van der Waals surface area contributed by atoms with Crippen molar-refractivity contribution in [2.45, 2.75) is 6.18 Å². The van der Waals surface area contributed by atoms with Gasteiger partial charge in [0.2, 0.25) is 5.95 Å². The molecule has 0 spiro atoms. The van der Waals surface area contributed by atoms with Crippen molar-refractivity contribution in [3.05, 3.63) is 53.8 Å². The lowest BCUT2D eigenvalue weighted by Crippen LogP contribution is -2.10. The number of nitrogens with two attached hydrogens (primary N) is 1. The van der Waals surface area contributed by atoms with E-state index in [1.165, 1.54) is 10.6 Å². The summed E-state index contributed by atoms with van der Waals surface area (Å²) in [7, 11) is 0. The Hall–Kier alpha value is -2.57. The number of halogens is 4. The summed E-state index contributed by atoms with van der Waals surface area (Å²) in [5.41, 5.74) is 5.63. The molecule has 2 N–H and O–H groups in total. The van der Waals surface area contributed by atoms with Gasteiger partial charge in [0.15, 0.2) is 0 Å². The first-order chi connectivity index (χ1) is 9.88. The maximum atomic E-state index is 13.3. The normalized spacial score (nSPS) is 12.0. The first kappa shape index (κ1) is 13.4. The van der Waals surface area contributed by atoms with E-state index in [1.807, 2.05) is 0 Å². The highest BCUT2D eigenvalue weighted by Gasteiger charge is 2.34. The minimum absolute atomic E-state index is 0.0379. The van der Waals surface area contributed by atoms with E-state index in [9.17, 15) is 17.6 Å². The van der Waals surface area contributed by atoms with Gasteiger partial charge in [-0.1, -0.05) is 12.1 Å². The van der Waals surface area contributed by atoms with Crippen molar-refractivity contribution < 1.29 is 17.6 Å². The van der Waals surface area contributed by atoms with Gasteiger partial charge in [0, 0.05) is 5.69 Å². The number of alkyl halides is 3. The molecule has 3 rings (SSSR count).